The van der Waals surface area contributed by atoms with Gasteiger partial charge in [-0.15, -0.1) is 0 Å². The van der Waals surface area contributed by atoms with E-state index in [1.165, 1.54) is 6.08 Å². The van der Waals surface area contributed by atoms with Gasteiger partial charge in [-0.2, -0.15) is 0 Å². The van der Waals surface area contributed by atoms with Crippen LogP contribution in [0.4, 0.5) is 0 Å². The molecule has 0 saturated heterocycles. The highest BCUT2D eigenvalue weighted by Crippen LogP contribution is 2.28. The first-order valence-corrected chi connectivity index (χ1v) is 10.2. The van der Waals surface area contributed by atoms with Crippen molar-refractivity contribution in [2.24, 2.45) is 0 Å². The molecule has 0 saturated carbocycles. The van der Waals surface area contributed by atoms with Crippen molar-refractivity contribution in [3.05, 3.63) is 52.9 Å². The van der Waals surface area contributed by atoms with Crippen LogP contribution < -0.4 is 9.47 Å². The summed E-state index contributed by atoms with van der Waals surface area (Å²) in [5, 5.41) is 0. The van der Waals surface area contributed by atoms with Crippen molar-refractivity contribution in [2.45, 2.75) is 33.7 Å². The summed E-state index contributed by atoms with van der Waals surface area (Å²) in [4.78, 5) is 24.7. The monoisotopic (exact) mass is 429 g/mol. The predicted molar refractivity (Wildman–Crippen MR) is 119 cm³/mol. The summed E-state index contributed by atoms with van der Waals surface area (Å²) in [6, 6.07) is 7.26. The largest absolute Gasteiger partial charge is 0.493 e. The van der Waals surface area contributed by atoms with Gasteiger partial charge < -0.3 is 23.5 Å². The fraction of sp³-hybridized carbons (Fsp3) is 0.417. The van der Waals surface area contributed by atoms with E-state index in [1.807, 2.05) is 33.8 Å². The molecular weight excluding hydrogens is 398 g/mol. The van der Waals surface area contributed by atoms with Gasteiger partial charge in [0.05, 0.1) is 26.4 Å². The summed E-state index contributed by atoms with van der Waals surface area (Å²) in [7, 11) is 3.20. The SMILES string of the molecule is CCOc1ccc(/C=C/C(=O)OCC(=O)c2cc(C)n([C@@H](C)COC)c2C)cc1OC. The van der Waals surface area contributed by atoms with Crippen molar-refractivity contribution in [1.29, 1.82) is 0 Å². The third-order valence-electron chi connectivity index (χ3n) is 4.88. The molecule has 0 amide bonds. The van der Waals surface area contributed by atoms with E-state index >= 15 is 0 Å². The van der Waals surface area contributed by atoms with Crippen LogP contribution in [-0.2, 0) is 14.3 Å². The maximum absolute atomic E-state index is 12.6. The Kier molecular flexibility index (Phi) is 8.88. The summed E-state index contributed by atoms with van der Waals surface area (Å²) in [5.41, 5.74) is 3.09. The molecule has 0 aliphatic heterocycles. The van der Waals surface area contributed by atoms with E-state index in [9.17, 15) is 9.59 Å². The minimum absolute atomic E-state index is 0.100. The molecule has 1 atom stereocenters. The van der Waals surface area contributed by atoms with Gasteiger partial charge in [0.1, 0.15) is 0 Å². The molecular formula is C24H31NO6. The Morgan fingerprint density at radius 3 is 2.52 bits per heavy atom. The van der Waals surface area contributed by atoms with E-state index in [1.54, 1.807) is 38.5 Å². The third-order valence-corrected chi connectivity index (χ3v) is 4.88. The molecule has 7 heteroatoms. The summed E-state index contributed by atoms with van der Waals surface area (Å²) in [5.74, 6) is 0.370. The van der Waals surface area contributed by atoms with Crippen LogP contribution in [0.3, 0.4) is 0 Å². The predicted octanol–water partition coefficient (Wildman–Crippen LogP) is 4.16. The highest BCUT2D eigenvalue weighted by atomic mass is 16.5. The maximum atomic E-state index is 12.6. The minimum Gasteiger partial charge on any atom is -0.493 e. The number of ether oxygens (including phenoxy) is 4. The highest BCUT2D eigenvalue weighted by molar-refractivity contribution is 6.00. The number of carbonyl (C=O) groups is 2. The van der Waals surface area contributed by atoms with Crippen LogP contribution in [0, 0.1) is 13.8 Å². The molecule has 1 aromatic carbocycles. The smallest absolute Gasteiger partial charge is 0.331 e. The molecule has 0 bridgehead atoms. The van der Waals surface area contributed by atoms with Crippen LogP contribution in [0.25, 0.3) is 6.08 Å². The average molecular weight is 430 g/mol. The quantitative estimate of drug-likeness (QED) is 0.303. The first-order chi connectivity index (χ1) is 14.8. The molecule has 31 heavy (non-hydrogen) atoms. The molecule has 1 heterocycles. The standard InChI is InChI=1S/C24H31NO6/c1-7-30-22-10-8-19(13-23(22)29-6)9-11-24(27)31-15-21(26)20-12-16(2)25(18(20)4)17(3)14-28-5/h8-13,17H,7,14-15H2,1-6H3/b11-9+/t17-/m0/s1. The first-order valence-electron chi connectivity index (χ1n) is 10.2. The summed E-state index contributed by atoms with van der Waals surface area (Å²) < 4.78 is 23.2. The van der Waals surface area contributed by atoms with Gasteiger partial charge in [-0.1, -0.05) is 6.07 Å². The molecule has 0 spiro atoms. The summed E-state index contributed by atoms with van der Waals surface area (Å²) in [6.45, 7) is 8.49. The number of carbonyl (C=O) groups excluding carboxylic acids is 2. The second-order valence-electron chi connectivity index (χ2n) is 7.17. The number of esters is 1. The Labute approximate surface area is 183 Å². The lowest BCUT2D eigenvalue weighted by Crippen LogP contribution is -2.16. The molecule has 7 nitrogen and oxygen atoms in total. The zero-order valence-corrected chi connectivity index (χ0v) is 19.1. The van der Waals surface area contributed by atoms with E-state index in [4.69, 9.17) is 18.9 Å². The molecule has 0 aliphatic rings. The third kappa shape index (κ3) is 6.21. The fourth-order valence-electron chi connectivity index (χ4n) is 3.54. The second-order valence-corrected chi connectivity index (χ2v) is 7.17. The van der Waals surface area contributed by atoms with Gasteiger partial charge in [-0.05, 0) is 57.5 Å². The number of benzene rings is 1. The van der Waals surface area contributed by atoms with E-state index in [2.05, 4.69) is 4.57 Å². The Balaban J connectivity index is 2.00. The number of Topliss-reactive ketones (excluding diaryl/α,β-unsaturated/α-hetero) is 1. The van der Waals surface area contributed by atoms with E-state index in [-0.39, 0.29) is 18.4 Å². The van der Waals surface area contributed by atoms with Crippen molar-refractivity contribution in [3.8, 4) is 11.5 Å². The van der Waals surface area contributed by atoms with Gasteiger partial charge in [0.15, 0.2) is 18.1 Å². The van der Waals surface area contributed by atoms with Crippen LogP contribution >= 0.6 is 0 Å². The van der Waals surface area contributed by atoms with Gasteiger partial charge >= 0.3 is 5.97 Å². The molecule has 0 radical (unpaired) electrons. The van der Waals surface area contributed by atoms with Gasteiger partial charge in [0, 0.05) is 30.1 Å². The second kappa shape index (κ2) is 11.4. The topological polar surface area (TPSA) is 76.0 Å². The van der Waals surface area contributed by atoms with Crippen molar-refractivity contribution in [3.63, 3.8) is 0 Å². The lowest BCUT2D eigenvalue weighted by molar-refractivity contribution is -0.136. The number of nitrogens with zero attached hydrogens (tertiary/aromatic N) is 1. The van der Waals surface area contributed by atoms with Crippen LogP contribution in [0.2, 0.25) is 0 Å². The molecule has 0 fully saturated rings. The van der Waals surface area contributed by atoms with E-state index < -0.39 is 5.97 Å². The van der Waals surface area contributed by atoms with Crippen molar-refractivity contribution in [2.75, 3.05) is 34.0 Å². The van der Waals surface area contributed by atoms with Gasteiger partial charge in [0.25, 0.3) is 0 Å². The summed E-state index contributed by atoms with van der Waals surface area (Å²) >= 11 is 0. The number of hydrogen-bond donors (Lipinski definition) is 0. The zero-order valence-electron chi connectivity index (χ0n) is 19.1. The minimum atomic E-state index is -0.595. The molecule has 0 aliphatic carbocycles. The zero-order chi connectivity index (χ0) is 23.0. The fourth-order valence-corrected chi connectivity index (χ4v) is 3.54. The Hall–Kier alpha value is -3.06. The molecule has 0 unspecified atom stereocenters. The summed E-state index contributed by atoms with van der Waals surface area (Å²) in [6.07, 6.45) is 2.88. The Morgan fingerprint density at radius 1 is 1.13 bits per heavy atom. The van der Waals surface area contributed by atoms with Crippen molar-refractivity contribution >= 4 is 17.8 Å². The average Bonchev–Trinajstić information content (AvgIpc) is 3.05. The Bertz CT molecular complexity index is 944. The number of aryl methyl sites for hydroxylation is 1. The van der Waals surface area contributed by atoms with Crippen LogP contribution in [-0.4, -0.2) is 50.4 Å². The molecule has 2 aromatic rings. The van der Waals surface area contributed by atoms with Gasteiger partial charge in [-0.3, -0.25) is 4.79 Å². The molecule has 2 rings (SSSR count). The van der Waals surface area contributed by atoms with Crippen LogP contribution in [0.15, 0.2) is 30.3 Å². The molecule has 168 valence electrons. The van der Waals surface area contributed by atoms with Gasteiger partial charge in [0.2, 0.25) is 5.78 Å². The maximum Gasteiger partial charge on any atom is 0.331 e. The highest BCUT2D eigenvalue weighted by Gasteiger charge is 2.19. The van der Waals surface area contributed by atoms with Crippen molar-refractivity contribution in [1.82, 2.24) is 4.57 Å². The number of rotatable bonds is 11. The number of methoxy groups -OCH3 is 2. The van der Waals surface area contributed by atoms with Crippen LogP contribution in [0.1, 0.15) is 47.2 Å². The molecule has 0 N–H and O–H groups in total. The van der Waals surface area contributed by atoms with E-state index in [0.29, 0.717) is 30.3 Å². The first kappa shape index (κ1) is 24.2. The van der Waals surface area contributed by atoms with E-state index in [0.717, 1.165) is 17.0 Å². The van der Waals surface area contributed by atoms with Crippen molar-refractivity contribution < 1.29 is 28.5 Å². The normalized spacial score (nSPS) is 12.1. The Morgan fingerprint density at radius 2 is 1.87 bits per heavy atom. The lowest BCUT2D eigenvalue weighted by atomic mass is 10.1. The number of hydrogen-bond acceptors (Lipinski definition) is 6. The molecule has 1 aromatic heterocycles. The number of ketones is 1. The lowest BCUT2D eigenvalue weighted by Gasteiger charge is -2.17. The van der Waals surface area contributed by atoms with Crippen LogP contribution in [0.5, 0.6) is 11.5 Å². The number of aromatic nitrogens is 1. The van der Waals surface area contributed by atoms with Gasteiger partial charge in [-0.25, -0.2) is 4.79 Å².